The van der Waals surface area contributed by atoms with E-state index in [4.69, 9.17) is 17.0 Å². The molecule has 1 aromatic heterocycles. The van der Waals surface area contributed by atoms with Crippen molar-refractivity contribution in [3.8, 4) is 0 Å². The van der Waals surface area contributed by atoms with Gasteiger partial charge in [-0.25, -0.2) is 4.68 Å². The summed E-state index contributed by atoms with van der Waals surface area (Å²) in [5.41, 5.74) is 0. The van der Waals surface area contributed by atoms with E-state index >= 15 is 0 Å². The van der Waals surface area contributed by atoms with Crippen molar-refractivity contribution in [2.45, 2.75) is 25.5 Å². The quantitative estimate of drug-likeness (QED) is 0.684. The second kappa shape index (κ2) is 3.32. The second-order valence-corrected chi connectivity index (χ2v) is 3.19. The van der Waals surface area contributed by atoms with Crippen LogP contribution in [0.15, 0.2) is 0 Å². The Balaban J connectivity index is 2.03. The fourth-order valence-corrected chi connectivity index (χ4v) is 1.48. The van der Waals surface area contributed by atoms with Crippen LogP contribution in [-0.2, 0) is 11.3 Å². The summed E-state index contributed by atoms with van der Waals surface area (Å²) >= 11 is 4.92. The van der Waals surface area contributed by atoms with Gasteiger partial charge in [0.25, 0.3) is 0 Å². The molecule has 0 amide bonds. The van der Waals surface area contributed by atoms with Crippen molar-refractivity contribution in [2.24, 2.45) is 0 Å². The smallest absolute Gasteiger partial charge is 0.238 e. The summed E-state index contributed by atoms with van der Waals surface area (Å²) in [6.07, 6.45) is 2.51. The third-order valence-electron chi connectivity index (χ3n) is 1.94. The summed E-state index contributed by atoms with van der Waals surface area (Å²) in [7, 11) is 0. The van der Waals surface area contributed by atoms with Gasteiger partial charge < -0.3 is 4.74 Å². The minimum absolute atomic E-state index is 0.277. The van der Waals surface area contributed by atoms with Gasteiger partial charge in [0.15, 0.2) is 0 Å². The predicted molar refractivity (Wildman–Crippen MR) is 44.2 cm³/mol. The molecule has 1 atom stereocenters. The SMILES string of the molecule is S=c1nn[nH]n1CC1CCCO1. The molecule has 0 spiro atoms. The van der Waals surface area contributed by atoms with E-state index in [-0.39, 0.29) is 6.10 Å². The molecule has 2 heterocycles. The highest BCUT2D eigenvalue weighted by atomic mass is 32.1. The van der Waals surface area contributed by atoms with Crippen molar-refractivity contribution in [2.75, 3.05) is 6.61 Å². The van der Waals surface area contributed by atoms with Crippen LogP contribution in [0.1, 0.15) is 12.8 Å². The van der Waals surface area contributed by atoms with E-state index in [2.05, 4.69) is 15.5 Å². The van der Waals surface area contributed by atoms with Crippen LogP contribution in [0.25, 0.3) is 0 Å². The summed E-state index contributed by atoms with van der Waals surface area (Å²) in [6.45, 7) is 1.60. The number of nitrogens with zero attached hydrogens (tertiary/aromatic N) is 3. The van der Waals surface area contributed by atoms with Crippen LogP contribution in [0, 0.1) is 4.77 Å². The van der Waals surface area contributed by atoms with Gasteiger partial charge in [-0.1, -0.05) is 10.3 Å². The molecule has 0 radical (unpaired) electrons. The first-order chi connectivity index (χ1) is 5.86. The van der Waals surface area contributed by atoms with E-state index in [1.54, 1.807) is 4.68 Å². The number of ether oxygens (including phenoxy) is 1. The molecule has 6 heteroatoms. The van der Waals surface area contributed by atoms with E-state index in [0.29, 0.717) is 4.77 Å². The molecule has 12 heavy (non-hydrogen) atoms. The summed E-state index contributed by atoms with van der Waals surface area (Å²) in [5.74, 6) is 0. The molecule has 0 bridgehead atoms. The van der Waals surface area contributed by atoms with E-state index < -0.39 is 0 Å². The molecule has 1 aliphatic rings. The molecular formula is C6H10N4OS. The third kappa shape index (κ3) is 1.54. The first-order valence-corrected chi connectivity index (χ1v) is 4.36. The number of aromatic nitrogens is 4. The normalized spacial score (nSPS) is 23.2. The Morgan fingerprint density at radius 3 is 3.25 bits per heavy atom. The fourth-order valence-electron chi connectivity index (χ4n) is 1.33. The topological polar surface area (TPSA) is 55.7 Å². The second-order valence-electron chi connectivity index (χ2n) is 2.83. The molecule has 5 nitrogen and oxygen atoms in total. The molecule has 66 valence electrons. The minimum atomic E-state index is 0.277. The number of hydrogen-bond donors (Lipinski definition) is 1. The molecule has 1 N–H and O–H groups in total. The van der Waals surface area contributed by atoms with Crippen molar-refractivity contribution in [3.05, 3.63) is 4.77 Å². The Labute approximate surface area is 74.7 Å². The Morgan fingerprint density at radius 2 is 2.67 bits per heavy atom. The maximum Gasteiger partial charge on any atom is 0.238 e. The van der Waals surface area contributed by atoms with Gasteiger partial charge in [0.2, 0.25) is 4.77 Å². The molecule has 1 saturated heterocycles. The van der Waals surface area contributed by atoms with Crippen molar-refractivity contribution in [1.82, 2.24) is 20.2 Å². The lowest BCUT2D eigenvalue weighted by molar-refractivity contribution is 0.0931. The van der Waals surface area contributed by atoms with Gasteiger partial charge in [0.05, 0.1) is 12.6 Å². The maximum absolute atomic E-state index is 5.44. The highest BCUT2D eigenvalue weighted by Gasteiger charge is 2.16. The lowest BCUT2D eigenvalue weighted by Gasteiger charge is -2.07. The molecular weight excluding hydrogens is 176 g/mol. The van der Waals surface area contributed by atoms with Gasteiger partial charge >= 0.3 is 0 Å². The van der Waals surface area contributed by atoms with Crippen molar-refractivity contribution in [3.63, 3.8) is 0 Å². The summed E-state index contributed by atoms with van der Waals surface area (Å²) in [6, 6.07) is 0. The van der Waals surface area contributed by atoms with Gasteiger partial charge in [-0.2, -0.15) is 5.21 Å². The van der Waals surface area contributed by atoms with Crippen molar-refractivity contribution >= 4 is 12.2 Å². The highest BCUT2D eigenvalue weighted by Crippen LogP contribution is 2.13. The number of tetrazole rings is 1. The molecule has 1 aliphatic heterocycles. The van der Waals surface area contributed by atoms with Gasteiger partial charge in [-0.3, -0.25) is 0 Å². The average molecular weight is 186 g/mol. The average Bonchev–Trinajstić information content (AvgIpc) is 2.65. The van der Waals surface area contributed by atoms with Crippen molar-refractivity contribution in [1.29, 1.82) is 0 Å². The van der Waals surface area contributed by atoms with E-state index in [0.717, 1.165) is 26.0 Å². The van der Waals surface area contributed by atoms with Crippen LogP contribution in [0.5, 0.6) is 0 Å². The molecule has 0 aliphatic carbocycles. The number of aromatic amines is 1. The molecule has 1 unspecified atom stereocenters. The van der Waals surface area contributed by atoms with Crippen LogP contribution in [0.3, 0.4) is 0 Å². The maximum atomic E-state index is 5.44. The van der Waals surface area contributed by atoms with Crippen LogP contribution >= 0.6 is 12.2 Å². The predicted octanol–water partition coefficient (Wildman–Crippen LogP) is 0.515. The van der Waals surface area contributed by atoms with Crippen LogP contribution in [0.4, 0.5) is 0 Å². The lowest BCUT2D eigenvalue weighted by atomic mass is 10.2. The van der Waals surface area contributed by atoms with Gasteiger partial charge in [-0.05, 0) is 25.1 Å². The zero-order valence-electron chi connectivity index (χ0n) is 6.56. The van der Waals surface area contributed by atoms with Gasteiger partial charge in [-0.15, -0.1) is 0 Å². The standard InChI is InChI=1S/C6H10N4OS/c12-6-7-8-9-10(6)4-5-2-1-3-11-5/h5H,1-4H2,(H,7,9,12). The largest absolute Gasteiger partial charge is 0.376 e. The van der Waals surface area contributed by atoms with Crippen LogP contribution < -0.4 is 0 Å². The van der Waals surface area contributed by atoms with Gasteiger partial charge in [0, 0.05) is 6.61 Å². The minimum Gasteiger partial charge on any atom is -0.376 e. The zero-order chi connectivity index (χ0) is 8.39. The summed E-state index contributed by atoms with van der Waals surface area (Å²) in [5, 5.41) is 9.97. The van der Waals surface area contributed by atoms with E-state index in [1.807, 2.05) is 0 Å². The highest BCUT2D eigenvalue weighted by molar-refractivity contribution is 7.71. The van der Waals surface area contributed by atoms with Crippen molar-refractivity contribution < 1.29 is 4.74 Å². The number of rotatable bonds is 2. The lowest BCUT2D eigenvalue weighted by Crippen LogP contribution is -2.16. The molecule has 1 fully saturated rings. The molecule has 2 rings (SSSR count). The first-order valence-electron chi connectivity index (χ1n) is 3.96. The molecule has 0 aromatic carbocycles. The molecule has 1 aromatic rings. The van der Waals surface area contributed by atoms with Gasteiger partial charge in [0.1, 0.15) is 0 Å². The van der Waals surface area contributed by atoms with E-state index in [9.17, 15) is 0 Å². The third-order valence-corrected chi connectivity index (χ3v) is 2.24. The zero-order valence-corrected chi connectivity index (χ0v) is 7.38. The monoisotopic (exact) mass is 186 g/mol. The number of hydrogen-bond acceptors (Lipinski definition) is 4. The summed E-state index contributed by atoms with van der Waals surface area (Å²) < 4.78 is 7.66. The molecule has 0 saturated carbocycles. The fraction of sp³-hybridized carbons (Fsp3) is 0.833. The Hall–Kier alpha value is -0.750. The Kier molecular flexibility index (Phi) is 2.18. The number of nitrogens with one attached hydrogen (secondary N) is 1. The Morgan fingerprint density at radius 1 is 1.75 bits per heavy atom. The number of H-pyrrole nitrogens is 1. The summed E-state index contributed by atoms with van der Waals surface area (Å²) in [4.78, 5) is 0. The van der Waals surface area contributed by atoms with Crippen LogP contribution in [0.2, 0.25) is 0 Å². The van der Waals surface area contributed by atoms with E-state index in [1.165, 1.54) is 0 Å². The Bertz CT molecular complexity index is 300. The van der Waals surface area contributed by atoms with Crippen LogP contribution in [-0.4, -0.2) is 32.9 Å². The first kappa shape index (κ1) is 7.88.